The third-order valence-electron chi connectivity index (χ3n) is 3.52. The van der Waals surface area contributed by atoms with E-state index in [1.54, 1.807) is 13.0 Å². The Bertz CT molecular complexity index is 507. The summed E-state index contributed by atoms with van der Waals surface area (Å²) in [6.45, 7) is 6.00. The predicted molar refractivity (Wildman–Crippen MR) is 90.7 cm³/mol. The zero-order chi connectivity index (χ0) is 17.1. The third kappa shape index (κ3) is 6.68. The summed E-state index contributed by atoms with van der Waals surface area (Å²) in [5.74, 6) is -1.13. The maximum atomic E-state index is 12.1. The van der Waals surface area contributed by atoms with E-state index in [9.17, 15) is 9.59 Å². The number of rotatable bonds is 9. The molecule has 1 rings (SSSR count). The van der Waals surface area contributed by atoms with Gasteiger partial charge < -0.3 is 9.47 Å². The highest BCUT2D eigenvalue weighted by atomic mass is 16.6. The van der Waals surface area contributed by atoms with Crippen molar-refractivity contribution in [2.75, 3.05) is 6.61 Å². The fourth-order valence-electron chi connectivity index (χ4n) is 2.38. The summed E-state index contributed by atoms with van der Waals surface area (Å²) in [5.41, 5.74) is 0.924. The van der Waals surface area contributed by atoms with Crippen molar-refractivity contribution in [2.45, 2.75) is 46.1 Å². The van der Waals surface area contributed by atoms with Gasteiger partial charge >= 0.3 is 11.9 Å². The van der Waals surface area contributed by atoms with Gasteiger partial charge in [0, 0.05) is 6.08 Å². The third-order valence-corrected chi connectivity index (χ3v) is 3.52. The minimum atomic E-state index is -0.457. The van der Waals surface area contributed by atoms with Crippen LogP contribution in [0.3, 0.4) is 0 Å². The molecule has 0 radical (unpaired) electrons. The van der Waals surface area contributed by atoms with Crippen LogP contribution in [0.5, 0.6) is 0 Å². The van der Waals surface area contributed by atoms with E-state index in [2.05, 4.69) is 0 Å². The van der Waals surface area contributed by atoms with E-state index in [1.807, 2.05) is 44.2 Å². The monoisotopic (exact) mass is 318 g/mol. The summed E-state index contributed by atoms with van der Waals surface area (Å²) in [7, 11) is 0. The molecule has 0 aromatic heterocycles. The molecule has 0 fully saturated rings. The van der Waals surface area contributed by atoms with Gasteiger partial charge in [0.15, 0.2) is 0 Å². The van der Waals surface area contributed by atoms with Crippen LogP contribution in [-0.2, 0) is 19.1 Å². The first-order valence-electron chi connectivity index (χ1n) is 8.22. The van der Waals surface area contributed by atoms with Crippen molar-refractivity contribution in [3.05, 3.63) is 42.0 Å². The number of carbonyl (C=O) groups is 2. The van der Waals surface area contributed by atoms with Crippen molar-refractivity contribution in [3.63, 3.8) is 0 Å². The van der Waals surface area contributed by atoms with Crippen molar-refractivity contribution in [3.8, 4) is 0 Å². The highest BCUT2D eigenvalue weighted by Crippen LogP contribution is 2.20. The Kier molecular flexibility index (Phi) is 8.73. The Morgan fingerprint density at radius 1 is 1.13 bits per heavy atom. The lowest BCUT2D eigenvalue weighted by atomic mass is 9.95. The smallest absolute Gasteiger partial charge is 0.331 e. The fraction of sp³-hybridized carbons (Fsp3) is 0.474. The second kappa shape index (κ2) is 10.6. The van der Waals surface area contributed by atoms with E-state index in [-0.39, 0.29) is 5.97 Å². The number of hydrogen-bond acceptors (Lipinski definition) is 4. The van der Waals surface area contributed by atoms with E-state index in [0.29, 0.717) is 19.4 Å². The van der Waals surface area contributed by atoms with Crippen LogP contribution in [-0.4, -0.2) is 24.6 Å². The summed E-state index contributed by atoms with van der Waals surface area (Å²) >= 11 is 0. The predicted octanol–water partition coefficient (Wildman–Crippen LogP) is 4.00. The zero-order valence-corrected chi connectivity index (χ0v) is 14.2. The van der Waals surface area contributed by atoms with Crippen LogP contribution in [0, 0.1) is 5.92 Å². The van der Waals surface area contributed by atoms with Crippen molar-refractivity contribution in [1.82, 2.24) is 0 Å². The van der Waals surface area contributed by atoms with Gasteiger partial charge in [0.05, 0.1) is 12.5 Å². The molecule has 4 heteroatoms. The van der Waals surface area contributed by atoms with Gasteiger partial charge in [-0.2, -0.15) is 0 Å². The SMILES string of the molecule is CCCC(C(=O)OCC)C(CC)OC(=O)/C=C/c1ccccc1. The molecular weight excluding hydrogens is 292 g/mol. The van der Waals surface area contributed by atoms with E-state index >= 15 is 0 Å². The molecule has 0 aliphatic rings. The molecule has 0 heterocycles. The maximum absolute atomic E-state index is 12.1. The maximum Gasteiger partial charge on any atom is 0.331 e. The van der Waals surface area contributed by atoms with Crippen molar-refractivity contribution in [1.29, 1.82) is 0 Å². The second-order valence-electron chi connectivity index (χ2n) is 5.27. The van der Waals surface area contributed by atoms with Gasteiger partial charge in [0.2, 0.25) is 0 Å². The van der Waals surface area contributed by atoms with Crippen molar-refractivity contribution >= 4 is 18.0 Å². The van der Waals surface area contributed by atoms with Crippen LogP contribution < -0.4 is 0 Å². The first-order valence-corrected chi connectivity index (χ1v) is 8.22. The fourth-order valence-corrected chi connectivity index (χ4v) is 2.38. The Morgan fingerprint density at radius 2 is 1.83 bits per heavy atom. The molecule has 1 aromatic carbocycles. The van der Waals surface area contributed by atoms with Crippen LogP contribution in [0.2, 0.25) is 0 Å². The summed E-state index contributed by atoms with van der Waals surface area (Å²) in [5, 5.41) is 0. The van der Waals surface area contributed by atoms with E-state index in [0.717, 1.165) is 12.0 Å². The normalized spacial score (nSPS) is 13.5. The molecule has 0 aliphatic carbocycles. The Hall–Kier alpha value is -2.10. The minimum absolute atomic E-state index is 0.291. The molecule has 23 heavy (non-hydrogen) atoms. The average molecular weight is 318 g/mol. The standard InChI is InChI=1S/C19H26O4/c1-4-10-16(19(21)22-6-3)17(5-2)23-18(20)14-13-15-11-8-7-9-12-15/h7-9,11-14,16-17H,4-6,10H2,1-3H3/b14-13+. The summed E-state index contributed by atoms with van der Waals surface area (Å²) in [4.78, 5) is 24.1. The highest BCUT2D eigenvalue weighted by molar-refractivity contribution is 5.87. The summed E-state index contributed by atoms with van der Waals surface area (Å²) in [6.07, 6.45) is 4.70. The zero-order valence-electron chi connectivity index (χ0n) is 14.2. The van der Waals surface area contributed by atoms with E-state index in [4.69, 9.17) is 9.47 Å². The molecule has 2 unspecified atom stereocenters. The van der Waals surface area contributed by atoms with Gasteiger partial charge in [-0.3, -0.25) is 4.79 Å². The van der Waals surface area contributed by atoms with Gasteiger partial charge in [-0.1, -0.05) is 50.6 Å². The average Bonchev–Trinajstić information content (AvgIpc) is 2.57. The number of hydrogen-bond donors (Lipinski definition) is 0. The van der Waals surface area contributed by atoms with Crippen molar-refractivity contribution < 1.29 is 19.1 Å². The van der Waals surface area contributed by atoms with Crippen LogP contribution in [0.25, 0.3) is 6.08 Å². The molecule has 0 saturated heterocycles. The molecule has 4 nitrogen and oxygen atoms in total. The molecule has 0 spiro atoms. The van der Waals surface area contributed by atoms with Crippen LogP contribution >= 0.6 is 0 Å². The molecule has 0 N–H and O–H groups in total. The number of benzene rings is 1. The van der Waals surface area contributed by atoms with Crippen LogP contribution in [0.1, 0.15) is 45.6 Å². The quantitative estimate of drug-likeness (QED) is 0.510. The molecule has 126 valence electrons. The van der Waals surface area contributed by atoms with Crippen molar-refractivity contribution in [2.24, 2.45) is 5.92 Å². The second-order valence-corrected chi connectivity index (χ2v) is 5.27. The largest absolute Gasteiger partial charge is 0.466 e. The summed E-state index contributed by atoms with van der Waals surface area (Å²) < 4.78 is 10.6. The Balaban J connectivity index is 2.70. The molecule has 0 saturated carbocycles. The molecule has 0 aliphatic heterocycles. The molecule has 2 atom stereocenters. The number of esters is 2. The Labute approximate surface area is 138 Å². The van der Waals surface area contributed by atoms with Gasteiger partial charge in [0.1, 0.15) is 6.10 Å². The van der Waals surface area contributed by atoms with Gasteiger partial charge in [-0.15, -0.1) is 0 Å². The van der Waals surface area contributed by atoms with Crippen LogP contribution in [0.15, 0.2) is 36.4 Å². The van der Waals surface area contributed by atoms with Gasteiger partial charge in [0.25, 0.3) is 0 Å². The lowest BCUT2D eigenvalue weighted by Crippen LogP contribution is -2.33. The molecule has 0 amide bonds. The number of ether oxygens (including phenoxy) is 2. The minimum Gasteiger partial charge on any atom is -0.466 e. The first-order chi connectivity index (χ1) is 11.1. The van der Waals surface area contributed by atoms with Gasteiger partial charge in [-0.05, 0) is 31.4 Å². The summed E-state index contributed by atoms with van der Waals surface area (Å²) in [6, 6.07) is 9.52. The van der Waals surface area contributed by atoms with Crippen LogP contribution in [0.4, 0.5) is 0 Å². The topological polar surface area (TPSA) is 52.6 Å². The Morgan fingerprint density at radius 3 is 2.39 bits per heavy atom. The van der Waals surface area contributed by atoms with E-state index < -0.39 is 18.0 Å². The van der Waals surface area contributed by atoms with Gasteiger partial charge in [-0.25, -0.2) is 4.79 Å². The molecular formula is C19H26O4. The lowest BCUT2D eigenvalue weighted by Gasteiger charge is -2.23. The lowest BCUT2D eigenvalue weighted by molar-refractivity contribution is -0.159. The van der Waals surface area contributed by atoms with E-state index in [1.165, 1.54) is 6.08 Å². The number of carbonyl (C=O) groups excluding carboxylic acids is 2. The highest BCUT2D eigenvalue weighted by Gasteiger charge is 2.30. The molecule has 0 bridgehead atoms. The molecule has 1 aromatic rings. The first kappa shape index (κ1) is 18.9.